The van der Waals surface area contributed by atoms with Crippen LogP contribution >= 0.6 is 0 Å². The second-order valence-electron chi connectivity index (χ2n) is 8.34. The minimum atomic E-state index is -0.485. The van der Waals surface area contributed by atoms with Crippen LogP contribution in [-0.2, 0) is 14.9 Å². The molecule has 2 aliphatic carbocycles. The molecule has 132 valence electrons. The first kappa shape index (κ1) is 16.4. The van der Waals surface area contributed by atoms with E-state index in [4.69, 9.17) is 4.74 Å². The van der Waals surface area contributed by atoms with Gasteiger partial charge in [0.05, 0.1) is 6.04 Å². The van der Waals surface area contributed by atoms with Gasteiger partial charge in [-0.15, -0.1) is 0 Å². The minimum absolute atomic E-state index is 0.0744. The Morgan fingerprint density at radius 2 is 2.00 bits per heavy atom. The van der Waals surface area contributed by atoms with Gasteiger partial charge in [-0.25, -0.2) is 9.69 Å². The summed E-state index contributed by atoms with van der Waals surface area (Å²) in [5, 5.41) is 0. The van der Waals surface area contributed by atoms with E-state index >= 15 is 0 Å². The number of allylic oxidation sites excluding steroid dienone is 2. The number of nitrogens with zero attached hydrogens (tertiary/aromatic N) is 1. The molecular formula is C21H25NO3. The van der Waals surface area contributed by atoms with Crippen LogP contribution < -0.4 is 0 Å². The number of ether oxygens (including phenoxy) is 1. The van der Waals surface area contributed by atoms with E-state index in [0.29, 0.717) is 6.42 Å². The van der Waals surface area contributed by atoms with Crippen molar-refractivity contribution in [2.24, 2.45) is 11.8 Å². The quantitative estimate of drug-likeness (QED) is 0.714. The number of amides is 2. The smallest absolute Gasteiger partial charge is 0.417 e. The molecule has 0 aromatic heterocycles. The van der Waals surface area contributed by atoms with Gasteiger partial charge in [-0.2, -0.15) is 0 Å². The van der Waals surface area contributed by atoms with Gasteiger partial charge in [0, 0.05) is 11.3 Å². The molecule has 0 radical (unpaired) electrons. The molecule has 1 heterocycles. The predicted octanol–water partition coefficient (Wildman–Crippen LogP) is 4.36. The van der Waals surface area contributed by atoms with E-state index in [-0.39, 0.29) is 35.3 Å². The van der Waals surface area contributed by atoms with Crippen LogP contribution in [0.15, 0.2) is 35.9 Å². The highest BCUT2D eigenvalue weighted by Crippen LogP contribution is 2.52. The van der Waals surface area contributed by atoms with Crippen molar-refractivity contribution in [3.05, 3.63) is 47.0 Å². The third-order valence-electron chi connectivity index (χ3n) is 6.30. The van der Waals surface area contributed by atoms with Crippen molar-refractivity contribution >= 4 is 12.0 Å². The van der Waals surface area contributed by atoms with Gasteiger partial charge in [0.1, 0.15) is 0 Å². The first-order valence-electron chi connectivity index (χ1n) is 9.11. The lowest BCUT2D eigenvalue weighted by molar-refractivity contribution is -0.136. The number of benzene rings is 1. The highest BCUT2D eigenvalue weighted by molar-refractivity contribution is 5.96. The molecule has 2 amide bonds. The maximum atomic E-state index is 13.3. The van der Waals surface area contributed by atoms with Gasteiger partial charge in [-0.1, -0.05) is 56.7 Å². The third kappa shape index (κ3) is 2.26. The Balaban J connectivity index is 1.70. The predicted molar refractivity (Wildman–Crippen MR) is 95.0 cm³/mol. The molecule has 1 aliphatic heterocycles. The van der Waals surface area contributed by atoms with Crippen LogP contribution in [0.1, 0.15) is 57.8 Å². The van der Waals surface area contributed by atoms with E-state index in [1.54, 1.807) is 0 Å². The van der Waals surface area contributed by atoms with Crippen LogP contribution in [0.25, 0.3) is 0 Å². The lowest BCUT2D eigenvalue weighted by Crippen LogP contribution is -2.50. The van der Waals surface area contributed by atoms with Crippen molar-refractivity contribution in [2.75, 3.05) is 0 Å². The average Bonchev–Trinajstić information content (AvgIpc) is 3.01. The van der Waals surface area contributed by atoms with Crippen LogP contribution in [0.4, 0.5) is 4.79 Å². The fourth-order valence-corrected chi connectivity index (χ4v) is 4.95. The van der Waals surface area contributed by atoms with E-state index in [1.165, 1.54) is 16.0 Å². The molecule has 4 nitrogen and oxygen atoms in total. The average molecular weight is 339 g/mol. The monoisotopic (exact) mass is 339 g/mol. The number of fused-ring (bicyclic) bond motifs is 3. The van der Waals surface area contributed by atoms with E-state index in [9.17, 15) is 9.59 Å². The summed E-state index contributed by atoms with van der Waals surface area (Å²) >= 11 is 0. The minimum Gasteiger partial charge on any atom is -0.439 e. The Kier molecular flexibility index (Phi) is 3.57. The highest BCUT2D eigenvalue weighted by Gasteiger charge is 2.59. The Hall–Kier alpha value is -2.10. The first-order chi connectivity index (χ1) is 11.8. The molecule has 0 bridgehead atoms. The van der Waals surface area contributed by atoms with Gasteiger partial charge < -0.3 is 4.74 Å². The number of rotatable bonds is 1. The van der Waals surface area contributed by atoms with Crippen molar-refractivity contribution in [2.45, 2.75) is 58.1 Å². The highest BCUT2D eigenvalue weighted by atomic mass is 16.6. The molecular weight excluding hydrogens is 314 g/mol. The fourth-order valence-electron chi connectivity index (χ4n) is 4.95. The zero-order valence-corrected chi connectivity index (χ0v) is 15.3. The summed E-state index contributed by atoms with van der Waals surface area (Å²) in [6.07, 6.45) is 2.92. The summed E-state index contributed by atoms with van der Waals surface area (Å²) in [6.45, 7) is 8.42. The van der Waals surface area contributed by atoms with E-state index in [0.717, 1.165) is 12.0 Å². The summed E-state index contributed by atoms with van der Waals surface area (Å²) in [5.41, 5.74) is 3.22. The molecule has 1 saturated heterocycles. The Bertz CT molecular complexity index is 779. The van der Waals surface area contributed by atoms with E-state index in [1.807, 2.05) is 18.2 Å². The molecule has 4 atom stereocenters. The molecule has 1 aromatic rings. The molecule has 0 saturated carbocycles. The van der Waals surface area contributed by atoms with E-state index in [2.05, 4.69) is 39.8 Å². The van der Waals surface area contributed by atoms with Gasteiger partial charge in [0.25, 0.3) is 0 Å². The summed E-state index contributed by atoms with van der Waals surface area (Å²) < 4.78 is 5.68. The first-order valence-corrected chi connectivity index (χ1v) is 9.11. The van der Waals surface area contributed by atoms with Crippen LogP contribution in [0, 0.1) is 11.8 Å². The molecule has 4 heteroatoms. The Morgan fingerprint density at radius 3 is 2.72 bits per heavy atom. The largest absolute Gasteiger partial charge is 0.439 e. The maximum absolute atomic E-state index is 13.3. The zero-order chi connectivity index (χ0) is 17.9. The number of carbonyl (C=O) groups excluding carboxylic acids is 2. The summed E-state index contributed by atoms with van der Waals surface area (Å²) in [6, 6.07) is 7.81. The molecule has 0 spiro atoms. The number of hydrogen-bond donors (Lipinski definition) is 0. The van der Waals surface area contributed by atoms with Gasteiger partial charge >= 0.3 is 6.09 Å². The lowest BCUT2D eigenvalue weighted by Gasteiger charge is -2.35. The molecule has 4 rings (SSSR count). The number of imide groups is 1. The summed E-state index contributed by atoms with van der Waals surface area (Å²) in [7, 11) is 0. The topological polar surface area (TPSA) is 46.6 Å². The van der Waals surface area contributed by atoms with Gasteiger partial charge in [0.15, 0.2) is 6.10 Å². The lowest BCUT2D eigenvalue weighted by atomic mass is 9.78. The van der Waals surface area contributed by atoms with Gasteiger partial charge in [0.2, 0.25) is 5.91 Å². The van der Waals surface area contributed by atoms with Gasteiger partial charge in [-0.3, -0.25) is 4.79 Å². The fraction of sp³-hybridized carbons (Fsp3) is 0.524. The summed E-state index contributed by atoms with van der Waals surface area (Å²) in [5.74, 6) is 0.0281. The third-order valence-corrected chi connectivity index (χ3v) is 6.30. The maximum Gasteiger partial charge on any atom is 0.417 e. The number of carbonyl (C=O) groups is 2. The second-order valence-corrected chi connectivity index (χ2v) is 8.34. The Labute approximate surface area is 148 Å². The van der Waals surface area contributed by atoms with Gasteiger partial charge in [-0.05, 0) is 36.8 Å². The van der Waals surface area contributed by atoms with Crippen molar-refractivity contribution in [1.82, 2.24) is 4.90 Å². The van der Waals surface area contributed by atoms with Crippen LogP contribution in [-0.4, -0.2) is 22.9 Å². The van der Waals surface area contributed by atoms with Crippen LogP contribution in [0.2, 0.25) is 0 Å². The standard InChI is InChI=1S/C21H25NO3/c1-12-9-10-14(13(2)11-12)19(23)22-18-17(25-20(22)24)15-7-5-6-8-16(15)21(18,3)4/h5-9,13-14,17-18H,10-11H2,1-4H3/t13-,14-,17+,18+/m0/s1. The van der Waals surface area contributed by atoms with Crippen LogP contribution in [0.5, 0.6) is 0 Å². The SMILES string of the molecule is CC1=CC[C@H](C(=O)N2C(=O)O[C@@H]3c4ccccc4C(C)(C)[C@@H]32)[C@@H](C)C1. The normalized spacial score (nSPS) is 32.7. The molecule has 1 fully saturated rings. The Morgan fingerprint density at radius 1 is 1.28 bits per heavy atom. The van der Waals surface area contributed by atoms with E-state index < -0.39 is 6.09 Å². The van der Waals surface area contributed by atoms with Crippen molar-refractivity contribution in [1.29, 1.82) is 0 Å². The zero-order valence-electron chi connectivity index (χ0n) is 15.3. The van der Waals surface area contributed by atoms with Crippen molar-refractivity contribution in [3.8, 4) is 0 Å². The summed E-state index contributed by atoms with van der Waals surface area (Å²) in [4.78, 5) is 27.3. The molecule has 1 aromatic carbocycles. The van der Waals surface area contributed by atoms with Crippen LogP contribution in [0.3, 0.4) is 0 Å². The van der Waals surface area contributed by atoms with Crippen molar-refractivity contribution in [3.63, 3.8) is 0 Å². The number of hydrogen-bond acceptors (Lipinski definition) is 3. The molecule has 0 unspecified atom stereocenters. The second kappa shape index (κ2) is 5.45. The molecule has 0 N–H and O–H groups in total. The molecule has 3 aliphatic rings. The van der Waals surface area contributed by atoms with Crippen molar-refractivity contribution < 1.29 is 14.3 Å². The molecule has 25 heavy (non-hydrogen) atoms.